The first-order chi connectivity index (χ1) is 11.1. The summed E-state index contributed by atoms with van der Waals surface area (Å²) in [6.07, 6.45) is 1.89. The fraction of sp³-hybridized carbons (Fsp3) is 0.611. The number of guanidine groups is 1. The summed E-state index contributed by atoms with van der Waals surface area (Å²) in [7, 11) is 3.49. The number of methoxy groups -OCH3 is 1. The maximum atomic E-state index is 5.91. The molecule has 0 unspecified atom stereocenters. The van der Waals surface area contributed by atoms with Crippen molar-refractivity contribution < 1.29 is 9.47 Å². The van der Waals surface area contributed by atoms with Crippen molar-refractivity contribution in [3.05, 3.63) is 28.8 Å². The topological polar surface area (TPSA) is 54.9 Å². The summed E-state index contributed by atoms with van der Waals surface area (Å²) in [6.45, 7) is 9.45. The molecule has 1 rings (SSSR count). The average molecular weight is 321 g/mol. The van der Waals surface area contributed by atoms with Crippen LogP contribution in [0.4, 0.5) is 0 Å². The Hall–Kier alpha value is -1.75. The Morgan fingerprint density at radius 1 is 1.04 bits per heavy atom. The van der Waals surface area contributed by atoms with Crippen LogP contribution in [0, 0.1) is 20.8 Å². The van der Waals surface area contributed by atoms with Gasteiger partial charge in [-0.3, -0.25) is 4.99 Å². The van der Waals surface area contributed by atoms with Crippen LogP contribution in [0.1, 0.15) is 29.5 Å². The number of hydrogen-bond acceptors (Lipinski definition) is 3. The molecule has 0 aliphatic heterocycles. The van der Waals surface area contributed by atoms with Gasteiger partial charge in [-0.05, 0) is 56.4 Å². The predicted octanol–water partition coefficient (Wildman–Crippen LogP) is 2.58. The van der Waals surface area contributed by atoms with Crippen LogP contribution >= 0.6 is 0 Å². The molecule has 1 aromatic carbocycles. The number of aryl methyl sites for hydroxylation is 2. The van der Waals surface area contributed by atoms with E-state index in [4.69, 9.17) is 9.47 Å². The zero-order chi connectivity index (χ0) is 17.1. The molecule has 0 saturated heterocycles. The van der Waals surface area contributed by atoms with Gasteiger partial charge in [-0.1, -0.05) is 6.07 Å². The molecule has 0 heterocycles. The lowest BCUT2D eigenvalue weighted by Crippen LogP contribution is -2.38. The number of rotatable bonds is 9. The second-order valence-electron chi connectivity index (χ2n) is 5.68. The van der Waals surface area contributed by atoms with E-state index < -0.39 is 0 Å². The molecule has 130 valence electrons. The van der Waals surface area contributed by atoms with Gasteiger partial charge in [0.05, 0.1) is 6.61 Å². The third-order valence-electron chi connectivity index (χ3n) is 3.68. The summed E-state index contributed by atoms with van der Waals surface area (Å²) in [5, 5.41) is 6.54. The first-order valence-corrected chi connectivity index (χ1v) is 8.22. The molecule has 0 radical (unpaired) electrons. The standard InChI is InChI=1S/C18H31N3O2/c1-14-12-15(2)16(3)17(13-14)23-11-7-9-21-18(19-4)20-8-6-10-22-5/h12-13H,6-11H2,1-5H3,(H2,19,20,21). The molecule has 0 aliphatic carbocycles. The summed E-state index contributed by atoms with van der Waals surface area (Å²) < 4.78 is 10.9. The quantitative estimate of drug-likeness (QED) is 0.417. The zero-order valence-corrected chi connectivity index (χ0v) is 15.2. The van der Waals surface area contributed by atoms with E-state index in [1.807, 2.05) is 0 Å². The Morgan fingerprint density at radius 2 is 1.70 bits per heavy atom. The van der Waals surface area contributed by atoms with E-state index in [9.17, 15) is 0 Å². The van der Waals surface area contributed by atoms with Gasteiger partial charge in [-0.15, -0.1) is 0 Å². The van der Waals surface area contributed by atoms with E-state index >= 15 is 0 Å². The molecule has 0 aliphatic rings. The Morgan fingerprint density at radius 3 is 2.30 bits per heavy atom. The SMILES string of the molecule is CN=C(NCCCOC)NCCCOc1cc(C)cc(C)c1C. The molecule has 0 spiro atoms. The van der Waals surface area contributed by atoms with E-state index in [2.05, 4.69) is 48.5 Å². The minimum atomic E-state index is 0.692. The number of nitrogens with one attached hydrogen (secondary N) is 2. The zero-order valence-electron chi connectivity index (χ0n) is 15.2. The Kier molecular flexibility index (Phi) is 9.14. The van der Waals surface area contributed by atoms with Gasteiger partial charge in [0.1, 0.15) is 5.75 Å². The molecule has 0 bridgehead atoms. The van der Waals surface area contributed by atoms with Crippen molar-refractivity contribution in [3.8, 4) is 5.75 Å². The van der Waals surface area contributed by atoms with Gasteiger partial charge in [-0.2, -0.15) is 0 Å². The summed E-state index contributed by atoms with van der Waals surface area (Å²) in [6, 6.07) is 4.29. The molecule has 0 aromatic heterocycles. The number of ether oxygens (including phenoxy) is 2. The third kappa shape index (κ3) is 7.37. The highest BCUT2D eigenvalue weighted by Gasteiger charge is 2.04. The summed E-state index contributed by atoms with van der Waals surface area (Å²) >= 11 is 0. The molecular weight excluding hydrogens is 290 g/mol. The van der Waals surface area contributed by atoms with Crippen molar-refractivity contribution in [2.45, 2.75) is 33.6 Å². The number of hydrogen-bond donors (Lipinski definition) is 2. The summed E-state index contributed by atoms with van der Waals surface area (Å²) in [4.78, 5) is 4.19. The Balaban J connectivity index is 2.24. The maximum Gasteiger partial charge on any atom is 0.190 e. The van der Waals surface area contributed by atoms with E-state index in [1.165, 1.54) is 16.7 Å². The molecule has 0 amide bonds. The van der Waals surface area contributed by atoms with Crippen LogP contribution < -0.4 is 15.4 Å². The maximum absolute atomic E-state index is 5.91. The molecule has 0 saturated carbocycles. The molecule has 0 atom stereocenters. The van der Waals surface area contributed by atoms with Crippen molar-refractivity contribution in [1.29, 1.82) is 0 Å². The van der Waals surface area contributed by atoms with Crippen LogP contribution in [-0.2, 0) is 4.74 Å². The highest BCUT2D eigenvalue weighted by atomic mass is 16.5. The van der Waals surface area contributed by atoms with Crippen LogP contribution in [0.2, 0.25) is 0 Å². The minimum absolute atomic E-state index is 0.692. The molecule has 2 N–H and O–H groups in total. The normalized spacial score (nSPS) is 11.4. The van der Waals surface area contributed by atoms with Crippen molar-refractivity contribution in [3.63, 3.8) is 0 Å². The molecule has 5 nitrogen and oxygen atoms in total. The number of benzene rings is 1. The predicted molar refractivity (Wildman–Crippen MR) is 96.6 cm³/mol. The van der Waals surface area contributed by atoms with Crippen LogP contribution in [0.15, 0.2) is 17.1 Å². The first kappa shape index (κ1) is 19.3. The van der Waals surface area contributed by atoms with Gasteiger partial charge < -0.3 is 20.1 Å². The fourth-order valence-corrected chi connectivity index (χ4v) is 2.26. The van der Waals surface area contributed by atoms with Crippen LogP contribution in [0.3, 0.4) is 0 Å². The lowest BCUT2D eigenvalue weighted by molar-refractivity contribution is 0.195. The second-order valence-corrected chi connectivity index (χ2v) is 5.68. The van der Waals surface area contributed by atoms with Gasteiger partial charge in [0.25, 0.3) is 0 Å². The average Bonchev–Trinajstić information content (AvgIpc) is 2.53. The highest BCUT2D eigenvalue weighted by Crippen LogP contribution is 2.23. The summed E-state index contributed by atoms with van der Waals surface area (Å²) in [5.74, 6) is 1.81. The molecular formula is C18H31N3O2. The Labute approximate surface area is 140 Å². The third-order valence-corrected chi connectivity index (χ3v) is 3.68. The first-order valence-electron chi connectivity index (χ1n) is 8.22. The monoisotopic (exact) mass is 321 g/mol. The highest BCUT2D eigenvalue weighted by molar-refractivity contribution is 5.79. The van der Waals surface area contributed by atoms with Gasteiger partial charge in [0, 0.05) is 33.9 Å². The fourth-order valence-electron chi connectivity index (χ4n) is 2.26. The number of nitrogens with zero attached hydrogens (tertiary/aromatic N) is 1. The molecule has 5 heteroatoms. The lowest BCUT2D eigenvalue weighted by atomic mass is 10.1. The van der Waals surface area contributed by atoms with Gasteiger partial charge >= 0.3 is 0 Å². The largest absolute Gasteiger partial charge is 0.493 e. The van der Waals surface area contributed by atoms with Crippen LogP contribution in [-0.4, -0.2) is 46.4 Å². The molecule has 0 fully saturated rings. The minimum Gasteiger partial charge on any atom is -0.493 e. The smallest absolute Gasteiger partial charge is 0.190 e. The van der Waals surface area contributed by atoms with Crippen molar-refractivity contribution >= 4 is 5.96 Å². The molecule has 1 aromatic rings. The second kappa shape index (κ2) is 10.9. The van der Waals surface area contributed by atoms with Crippen LogP contribution in [0.5, 0.6) is 5.75 Å². The van der Waals surface area contributed by atoms with E-state index in [1.54, 1.807) is 14.2 Å². The van der Waals surface area contributed by atoms with Crippen molar-refractivity contribution in [2.24, 2.45) is 4.99 Å². The Bertz CT molecular complexity index is 501. The molecule has 23 heavy (non-hydrogen) atoms. The van der Waals surface area contributed by atoms with Crippen molar-refractivity contribution in [1.82, 2.24) is 10.6 Å². The van der Waals surface area contributed by atoms with E-state index in [0.717, 1.165) is 44.2 Å². The van der Waals surface area contributed by atoms with Gasteiger partial charge in [0.2, 0.25) is 0 Å². The van der Waals surface area contributed by atoms with Gasteiger partial charge in [0.15, 0.2) is 5.96 Å². The van der Waals surface area contributed by atoms with Crippen LogP contribution in [0.25, 0.3) is 0 Å². The van der Waals surface area contributed by atoms with E-state index in [0.29, 0.717) is 6.61 Å². The van der Waals surface area contributed by atoms with Crippen molar-refractivity contribution in [2.75, 3.05) is 40.5 Å². The van der Waals surface area contributed by atoms with E-state index in [-0.39, 0.29) is 0 Å². The number of aliphatic imine (C=N–C) groups is 1. The lowest BCUT2D eigenvalue weighted by Gasteiger charge is -2.14. The van der Waals surface area contributed by atoms with Gasteiger partial charge in [-0.25, -0.2) is 0 Å². The summed E-state index contributed by atoms with van der Waals surface area (Å²) in [5.41, 5.74) is 3.74.